The first-order valence-corrected chi connectivity index (χ1v) is 3.42. The molecule has 0 aromatic carbocycles. The lowest BCUT2D eigenvalue weighted by molar-refractivity contribution is -0.136. The molecule has 1 heterocycles. The Morgan fingerprint density at radius 2 is 2.42 bits per heavy atom. The van der Waals surface area contributed by atoms with Crippen LogP contribution in [0.2, 0.25) is 0 Å². The highest BCUT2D eigenvalue weighted by Crippen LogP contribution is 2.06. The monoisotopic (exact) mass is 169 g/mol. The number of aromatic nitrogens is 1. The minimum atomic E-state index is -1.08. The minimum absolute atomic E-state index is 0.0203. The van der Waals surface area contributed by atoms with E-state index in [-0.39, 0.29) is 12.1 Å². The molecule has 0 aliphatic rings. The Labute approximate surface area is 68.9 Å². The van der Waals surface area contributed by atoms with Crippen LogP contribution in [0.5, 0.6) is 0 Å². The summed E-state index contributed by atoms with van der Waals surface area (Å²) in [6, 6.07) is 1.27. The molecule has 0 amide bonds. The number of carbonyl (C=O) groups is 1. The zero-order valence-corrected chi connectivity index (χ0v) is 6.54. The molecule has 64 valence electrons. The summed E-state index contributed by atoms with van der Waals surface area (Å²) in [6.07, 6.45) is 1.08. The van der Waals surface area contributed by atoms with Gasteiger partial charge in [0.1, 0.15) is 5.82 Å². The molecule has 12 heavy (non-hydrogen) atoms. The summed E-state index contributed by atoms with van der Waals surface area (Å²) in [5.41, 5.74) is 0.662. The van der Waals surface area contributed by atoms with Crippen LogP contribution in [0.25, 0.3) is 0 Å². The maximum atomic E-state index is 12.9. The Morgan fingerprint density at radius 3 is 2.92 bits per heavy atom. The second-order valence-electron chi connectivity index (χ2n) is 2.51. The summed E-state index contributed by atoms with van der Waals surface area (Å²) < 4.78 is 12.9. The third-order valence-corrected chi connectivity index (χ3v) is 1.37. The van der Waals surface area contributed by atoms with Crippen LogP contribution < -0.4 is 0 Å². The van der Waals surface area contributed by atoms with Crippen molar-refractivity contribution in [2.24, 2.45) is 0 Å². The number of hydrogen-bond donors (Lipinski definition) is 1. The van der Waals surface area contributed by atoms with Crippen LogP contribution >= 0.6 is 0 Å². The SMILES string of the molecule is Cc1cnc(CC(=O)O)c(F)c1. The van der Waals surface area contributed by atoms with Gasteiger partial charge >= 0.3 is 5.97 Å². The van der Waals surface area contributed by atoms with E-state index in [0.717, 1.165) is 0 Å². The summed E-state index contributed by atoms with van der Waals surface area (Å²) >= 11 is 0. The van der Waals surface area contributed by atoms with E-state index >= 15 is 0 Å². The fraction of sp³-hybridized carbons (Fsp3) is 0.250. The Balaban J connectivity index is 2.93. The molecule has 0 saturated heterocycles. The molecule has 0 radical (unpaired) electrons. The van der Waals surface area contributed by atoms with Crippen molar-refractivity contribution in [1.29, 1.82) is 0 Å². The van der Waals surface area contributed by atoms with E-state index in [0.29, 0.717) is 5.56 Å². The van der Waals surface area contributed by atoms with E-state index in [2.05, 4.69) is 4.98 Å². The first-order chi connectivity index (χ1) is 5.59. The van der Waals surface area contributed by atoms with Gasteiger partial charge in [-0.3, -0.25) is 9.78 Å². The van der Waals surface area contributed by atoms with Gasteiger partial charge in [-0.15, -0.1) is 0 Å². The molecule has 0 bridgehead atoms. The molecule has 1 N–H and O–H groups in total. The molecule has 0 unspecified atom stereocenters. The van der Waals surface area contributed by atoms with Gasteiger partial charge in [-0.25, -0.2) is 4.39 Å². The summed E-state index contributed by atoms with van der Waals surface area (Å²) in [4.78, 5) is 13.9. The maximum absolute atomic E-state index is 12.9. The molecule has 1 rings (SSSR count). The van der Waals surface area contributed by atoms with Gasteiger partial charge in [-0.2, -0.15) is 0 Å². The molecular formula is C8H8FNO2. The number of rotatable bonds is 2. The molecule has 0 fully saturated rings. The Kier molecular flexibility index (Phi) is 2.38. The summed E-state index contributed by atoms with van der Waals surface area (Å²) in [5, 5.41) is 8.35. The number of aryl methyl sites for hydroxylation is 1. The number of aliphatic carboxylic acids is 1. The predicted molar refractivity (Wildman–Crippen MR) is 40.3 cm³/mol. The van der Waals surface area contributed by atoms with Crippen molar-refractivity contribution in [2.45, 2.75) is 13.3 Å². The fourth-order valence-corrected chi connectivity index (χ4v) is 0.835. The zero-order valence-electron chi connectivity index (χ0n) is 6.54. The molecule has 0 atom stereocenters. The topological polar surface area (TPSA) is 50.2 Å². The third kappa shape index (κ3) is 2.02. The quantitative estimate of drug-likeness (QED) is 0.722. The normalized spacial score (nSPS) is 9.83. The highest BCUT2D eigenvalue weighted by Gasteiger charge is 2.07. The number of carboxylic acids is 1. The maximum Gasteiger partial charge on any atom is 0.309 e. The standard InChI is InChI=1S/C8H8FNO2/c1-5-2-6(9)7(10-4-5)3-8(11)12/h2,4H,3H2,1H3,(H,11,12). The number of carboxylic acid groups (broad SMARTS) is 1. The zero-order chi connectivity index (χ0) is 9.14. The second kappa shape index (κ2) is 3.30. The van der Waals surface area contributed by atoms with Crippen LogP contribution in [-0.2, 0) is 11.2 Å². The van der Waals surface area contributed by atoms with Crippen molar-refractivity contribution in [1.82, 2.24) is 4.98 Å². The first kappa shape index (κ1) is 8.64. The largest absolute Gasteiger partial charge is 0.481 e. The second-order valence-corrected chi connectivity index (χ2v) is 2.51. The van der Waals surface area contributed by atoms with Gasteiger partial charge in [0, 0.05) is 6.20 Å². The van der Waals surface area contributed by atoms with Crippen LogP contribution in [0.15, 0.2) is 12.3 Å². The Bertz CT molecular complexity index is 312. The van der Waals surface area contributed by atoms with Crippen molar-refractivity contribution in [3.8, 4) is 0 Å². The lowest BCUT2D eigenvalue weighted by Gasteiger charge is -1.98. The average Bonchev–Trinajstić information content (AvgIpc) is 1.94. The van der Waals surface area contributed by atoms with Gasteiger partial charge in [-0.05, 0) is 18.6 Å². The van der Waals surface area contributed by atoms with E-state index in [1.165, 1.54) is 12.3 Å². The van der Waals surface area contributed by atoms with E-state index in [9.17, 15) is 9.18 Å². The van der Waals surface area contributed by atoms with E-state index in [1.807, 2.05) is 0 Å². The van der Waals surface area contributed by atoms with Gasteiger partial charge < -0.3 is 5.11 Å². The third-order valence-electron chi connectivity index (χ3n) is 1.37. The Morgan fingerprint density at radius 1 is 1.75 bits per heavy atom. The van der Waals surface area contributed by atoms with Crippen molar-refractivity contribution in [3.05, 3.63) is 29.3 Å². The van der Waals surface area contributed by atoms with Crippen LogP contribution in [-0.4, -0.2) is 16.1 Å². The molecule has 0 saturated carbocycles. The van der Waals surface area contributed by atoms with Gasteiger partial charge in [0.2, 0.25) is 0 Å². The molecule has 0 spiro atoms. The molecule has 0 aliphatic carbocycles. The van der Waals surface area contributed by atoms with E-state index in [4.69, 9.17) is 5.11 Å². The van der Waals surface area contributed by atoms with Crippen LogP contribution in [0.4, 0.5) is 4.39 Å². The van der Waals surface area contributed by atoms with Crippen molar-refractivity contribution in [3.63, 3.8) is 0 Å². The molecule has 0 aliphatic heterocycles. The molecular weight excluding hydrogens is 161 g/mol. The van der Waals surface area contributed by atoms with Crippen LogP contribution in [0, 0.1) is 12.7 Å². The number of halogens is 1. The van der Waals surface area contributed by atoms with Crippen LogP contribution in [0.1, 0.15) is 11.3 Å². The van der Waals surface area contributed by atoms with Crippen molar-refractivity contribution < 1.29 is 14.3 Å². The highest BCUT2D eigenvalue weighted by molar-refractivity contribution is 5.69. The van der Waals surface area contributed by atoms with Crippen molar-refractivity contribution in [2.75, 3.05) is 0 Å². The molecule has 1 aromatic rings. The van der Waals surface area contributed by atoms with Crippen LogP contribution in [0.3, 0.4) is 0 Å². The minimum Gasteiger partial charge on any atom is -0.481 e. The van der Waals surface area contributed by atoms with Gasteiger partial charge in [-0.1, -0.05) is 0 Å². The number of pyridine rings is 1. The highest BCUT2D eigenvalue weighted by atomic mass is 19.1. The van der Waals surface area contributed by atoms with E-state index in [1.54, 1.807) is 6.92 Å². The Hall–Kier alpha value is -1.45. The summed E-state index contributed by atoms with van der Waals surface area (Å²) in [5.74, 6) is -1.64. The van der Waals surface area contributed by atoms with Gasteiger partial charge in [0.15, 0.2) is 0 Å². The van der Waals surface area contributed by atoms with Gasteiger partial charge in [0.25, 0.3) is 0 Å². The predicted octanol–water partition coefficient (Wildman–Crippen LogP) is 1.16. The summed E-state index contributed by atoms with van der Waals surface area (Å²) in [7, 11) is 0. The molecule has 3 nitrogen and oxygen atoms in total. The lowest BCUT2D eigenvalue weighted by Crippen LogP contribution is -2.04. The van der Waals surface area contributed by atoms with E-state index < -0.39 is 11.8 Å². The smallest absolute Gasteiger partial charge is 0.309 e. The fourth-order valence-electron chi connectivity index (χ4n) is 0.835. The molecule has 1 aromatic heterocycles. The summed E-state index contributed by atoms with van der Waals surface area (Å²) in [6.45, 7) is 1.70. The average molecular weight is 169 g/mol. The lowest BCUT2D eigenvalue weighted by atomic mass is 10.2. The first-order valence-electron chi connectivity index (χ1n) is 3.42. The number of nitrogens with zero attached hydrogens (tertiary/aromatic N) is 1. The van der Waals surface area contributed by atoms with Gasteiger partial charge in [0.05, 0.1) is 12.1 Å². The number of hydrogen-bond acceptors (Lipinski definition) is 2. The molecule has 4 heteroatoms. The van der Waals surface area contributed by atoms with Crippen molar-refractivity contribution >= 4 is 5.97 Å².